The quantitative estimate of drug-likeness (QED) is 0.743. The van der Waals surface area contributed by atoms with E-state index in [2.05, 4.69) is 15.9 Å². The van der Waals surface area contributed by atoms with Gasteiger partial charge >= 0.3 is 0 Å². The molecule has 0 aliphatic rings. The molecule has 0 spiro atoms. The fourth-order valence-electron chi connectivity index (χ4n) is 1.71. The van der Waals surface area contributed by atoms with Gasteiger partial charge in [-0.25, -0.2) is 4.39 Å². The molecule has 0 aromatic heterocycles. The van der Waals surface area contributed by atoms with Gasteiger partial charge in [0, 0.05) is 6.07 Å². The number of benzene rings is 2. The summed E-state index contributed by atoms with van der Waals surface area (Å²) in [4.78, 5) is 0. The van der Waals surface area contributed by atoms with Crippen LogP contribution in [-0.4, -0.2) is 6.54 Å². The SMILES string of the molecule is NCCc1cccc(Cl)c1Oc1cc(F)c(Cl)cc1Br. The largest absolute Gasteiger partial charge is 0.454 e. The van der Waals surface area contributed by atoms with Gasteiger partial charge < -0.3 is 10.5 Å². The van der Waals surface area contributed by atoms with Crippen molar-refractivity contribution in [3.8, 4) is 11.5 Å². The highest BCUT2D eigenvalue weighted by Gasteiger charge is 2.13. The van der Waals surface area contributed by atoms with Gasteiger partial charge in [0.25, 0.3) is 0 Å². The highest BCUT2D eigenvalue weighted by Crippen LogP contribution is 2.38. The van der Waals surface area contributed by atoms with Gasteiger partial charge in [-0.1, -0.05) is 35.3 Å². The highest BCUT2D eigenvalue weighted by atomic mass is 79.9. The molecule has 2 aromatic carbocycles. The predicted octanol–water partition coefficient (Wildman–Crippen LogP) is 5.19. The first kappa shape index (κ1) is 15.6. The van der Waals surface area contributed by atoms with Crippen LogP contribution >= 0.6 is 39.1 Å². The molecular formula is C14H11BrCl2FNO. The zero-order valence-electron chi connectivity index (χ0n) is 10.3. The number of halogens is 4. The van der Waals surface area contributed by atoms with E-state index in [0.29, 0.717) is 34.0 Å². The minimum absolute atomic E-state index is 0.0190. The van der Waals surface area contributed by atoms with Crippen LogP contribution in [0.2, 0.25) is 10.0 Å². The predicted molar refractivity (Wildman–Crippen MR) is 83.4 cm³/mol. The van der Waals surface area contributed by atoms with E-state index in [1.807, 2.05) is 12.1 Å². The number of para-hydroxylation sites is 1. The maximum Gasteiger partial charge on any atom is 0.149 e. The average molecular weight is 379 g/mol. The first-order chi connectivity index (χ1) is 9.52. The molecule has 6 heteroatoms. The third-order valence-electron chi connectivity index (χ3n) is 2.65. The summed E-state index contributed by atoms with van der Waals surface area (Å²) in [5, 5.41) is 0.462. The molecule has 0 fully saturated rings. The number of hydrogen-bond acceptors (Lipinski definition) is 2. The lowest BCUT2D eigenvalue weighted by molar-refractivity contribution is 0.468. The molecule has 0 saturated carbocycles. The molecule has 0 saturated heterocycles. The van der Waals surface area contributed by atoms with Crippen LogP contribution in [0.25, 0.3) is 0 Å². The van der Waals surface area contributed by atoms with Crippen molar-refractivity contribution in [3.05, 3.63) is 56.2 Å². The Balaban J connectivity index is 2.42. The molecular weight excluding hydrogens is 368 g/mol. The Hall–Kier alpha value is -0.810. The van der Waals surface area contributed by atoms with Crippen LogP contribution in [-0.2, 0) is 6.42 Å². The van der Waals surface area contributed by atoms with E-state index in [-0.39, 0.29) is 5.02 Å². The van der Waals surface area contributed by atoms with Gasteiger partial charge in [0.15, 0.2) is 0 Å². The van der Waals surface area contributed by atoms with Crippen LogP contribution in [0.15, 0.2) is 34.8 Å². The van der Waals surface area contributed by atoms with Gasteiger partial charge in [0.05, 0.1) is 14.5 Å². The third kappa shape index (κ3) is 3.44. The van der Waals surface area contributed by atoms with E-state index in [1.54, 1.807) is 6.07 Å². The first-order valence-corrected chi connectivity index (χ1v) is 7.37. The summed E-state index contributed by atoms with van der Waals surface area (Å²) in [6.07, 6.45) is 0.615. The Morgan fingerprint density at radius 1 is 1.20 bits per heavy atom. The van der Waals surface area contributed by atoms with Crippen LogP contribution in [0.1, 0.15) is 5.56 Å². The van der Waals surface area contributed by atoms with E-state index >= 15 is 0 Å². The van der Waals surface area contributed by atoms with Crippen molar-refractivity contribution >= 4 is 39.1 Å². The van der Waals surface area contributed by atoms with Gasteiger partial charge in [-0.15, -0.1) is 0 Å². The molecule has 2 nitrogen and oxygen atoms in total. The zero-order chi connectivity index (χ0) is 14.7. The van der Waals surface area contributed by atoms with E-state index in [9.17, 15) is 4.39 Å². The van der Waals surface area contributed by atoms with E-state index in [4.69, 9.17) is 33.7 Å². The maximum atomic E-state index is 13.5. The molecule has 0 atom stereocenters. The monoisotopic (exact) mass is 377 g/mol. The number of ether oxygens (including phenoxy) is 1. The highest BCUT2D eigenvalue weighted by molar-refractivity contribution is 9.10. The fourth-order valence-corrected chi connectivity index (χ4v) is 2.67. The Morgan fingerprint density at radius 3 is 2.65 bits per heavy atom. The Labute approximate surface area is 134 Å². The lowest BCUT2D eigenvalue weighted by Gasteiger charge is -2.14. The third-order valence-corrected chi connectivity index (χ3v) is 3.86. The van der Waals surface area contributed by atoms with Crippen LogP contribution in [0.4, 0.5) is 4.39 Å². The van der Waals surface area contributed by atoms with Gasteiger partial charge in [-0.05, 0) is 46.6 Å². The second-order valence-electron chi connectivity index (χ2n) is 4.07. The van der Waals surface area contributed by atoms with Crippen molar-refractivity contribution in [2.24, 2.45) is 5.73 Å². The molecule has 0 amide bonds. The lowest BCUT2D eigenvalue weighted by atomic mass is 10.1. The van der Waals surface area contributed by atoms with E-state index in [1.165, 1.54) is 12.1 Å². The normalized spacial score (nSPS) is 10.7. The van der Waals surface area contributed by atoms with Gasteiger partial charge in [-0.2, -0.15) is 0 Å². The molecule has 20 heavy (non-hydrogen) atoms. The number of nitrogens with two attached hydrogens (primary N) is 1. The van der Waals surface area contributed by atoms with Crippen molar-refractivity contribution < 1.29 is 9.13 Å². The maximum absolute atomic E-state index is 13.5. The topological polar surface area (TPSA) is 35.2 Å². The van der Waals surface area contributed by atoms with E-state index in [0.717, 1.165) is 5.56 Å². The Morgan fingerprint density at radius 2 is 1.95 bits per heavy atom. The van der Waals surface area contributed by atoms with Crippen molar-refractivity contribution in [2.45, 2.75) is 6.42 Å². The van der Waals surface area contributed by atoms with Gasteiger partial charge in [-0.3, -0.25) is 0 Å². The molecule has 2 N–H and O–H groups in total. The molecule has 2 rings (SSSR count). The minimum atomic E-state index is -0.558. The Bertz CT molecular complexity index is 637. The zero-order valence-corrected chi connectivity index (χ0v) is 13.4. The molecule has 106 valence electrons. The lowest BCUT2D eigenvalue weighted by Crippen LogP contribution is -2.04. The van der Waals surface area contributed by atoms with Crippen molar-refractivity contribution in [3.63, 3.8) is 0 Å². The van der Waals surface area contributed by atoms with E-state index < -0.39 is 5.82 Å². The Kier molecular flexibility index (Phi) is 5.27. The summed E-state index contributed by atoms with van der Waals surface area (Å²) in [5.41, 5.74) is 6.42. The van der Waals surface area contributed by atoms with Crippen LogP contribution in [0.5, 0.6) is 11.5 Å². The number of hydrogen-bond donors (Lipinski definition) is 1. The minimum Gasteiger partial charge on any atom is -0.454 e. The smallest absolute Gasteiger partial charge is 0.149 e. The second-order valence-corrected chi connectivity index (χ2v) is 5.73. The number of rotatable bonds is 4. The van der Waals surface area contributed by atoms with Gasteiger partial charge in [0.1, 0.15) is 17.3 Å². The molecule has 0 heterocycles. The summed E-state index contributed by atoms with van der Waals surface area (Å²) in [6, 6.07) is 8.04. The molecule has 0 aliphatic heterocycles. The summed E-state index contributed by atoms with van der Waals surface area (Å²) in [6.45, 7) is 0.465. The fraction of sp³-hybridized carbons (Fsp3) is 0.143. The summed E-state index contributed by atoms with van der Waals surface area (Å²) in [7, 11) is 0. The van der Waals surface area contributed by atoms with Crippen LogP contribution < -0.4 is 10.5 Å². The standard InChI is InChI=1S/C14H11BrCl2FNO/c15-9-6-11(17)12(18)7-13(9)20-14-8(4-5-19)2-1-3-10(14)16/h1-3,6-7H,4-5,19H2. The van der Waals surface area contributed by atoms with Crippen molar-refractivity contribution in [1.29, 1.82) is 0 Å². The van der Waals surface area contributed by atoms with Crippen LogP contribution in [0, 0.1) is 5.82 Å². The van der Waals surface area contributed by atoms with Crippen molar-refractivity contribution in [2.75, 3.05) is 6.54 Å². The molecule has 0 unspecified atom stereocenters. The molecule has 0 bridgehead atoms. The molecule has 0 radical (unpaired) electrons. The first-order valence-electron chi connectivity index (χ1n) is 5.82. The summed E-state index contributed by atoms with van der Waals surface area (Å²) in [5.74, 6) is 0.220. The summed E-state index contributed by atoms with van der Waals surface area (Å²) < 4.78 is 19.8. The second kappa shape index (κ2) is 6.76. The van der Waals surface area contributed by atoms with Crippen LogP contribution in [0.3, 0.4) is 0 Å². The molecule has 2 aromatic rings. The average Bonchev–Trinajstić information content (AvgIpc) is 2.40. The summed E-state index contributed by atoms with van der Waals surface area (Å²) >= 11 is 15.1. The molecule has 0 aliphatic carbocycles. The van der Waals surface area contributed by atoms with Gasteiger partial charge in [0.2, 0.25) is 0 Å². The van der Waals surface area contributed by atoms with Crippen molar-refractivity contribution in [1.82, 2.24) is 0 Å².